The predicted molar refractivity (Wildman–Crippen MR) is 123 cm³/mol. The number of fused-ring (bicyclic) bond motifs is 2. The summed E-state index contributed by atoms with van der Waals surface area (Å²) in [6.45, 7) is 9.12. The van der Waals surface area contributed by atoms with Gasteiger partial charge in [0.15, 0.2) is 11.6 Å². The average molecular weight is 408 g/mol. The van der Waals surface area contributed by atoms with Crippen molar-refractivity contribution in [3.8, 4) is 0 Å². The van der Waals surface area contributed by atoms with Gasteiger partial charge in [0, 0.05) is 32.4 Å². The zero-order chi connectivity index (χ0) is 20.9. The number of amidine groups is 1. The number of aromatic amines is 1. The number of anilines is 3. The zero-order valence-corrected chi connectivity index (χ0v) is 18.4. The molecule has 7 nitrogen and oxygen atoms in total. The molecule has 0 unspecified atom stereocenters. The van der Waals surface area contributed by atoms with E-state index in [0.29, 0.717) is 0 Å². The Kier molecular flexibility index (Phi) is 4.73. The largest absolute Gasteiger partial charge is 0.361 e. The van der Waals surface area contributed by atoms with E-state index in [1.807, 2.05) is 0 Å². The highest BCUT2D eigenvalue weighted by molar-refractivity contribution is 5.97. The van der Waals surface area contributed by atoms with Gasteiger partial charge in [0.2, 0.25) is 0 Å². The summed E-state index contributed by atoms with van der Waals surface area (Å²) in [5.74, 6) is 3.01. The average Bonchev–Trinajstić information content (AvgIpc) is 3.19. The van der Waals surface area contributed by atoms with E-state index in [4.69, 9.17) is 15.8 Å². The molecule has 30 heavy (non-hydrogen) atoms. The van der Waals surface area contributed by atoms with Gasteiger partial charge in [-0.1, -0.05) is 19.1 Å². The van der Waals surface area contributed by atoms with Gasteiger partial charge in [0.05, 0.1) is 6.54 Å². The maximum Gasteiger partial charge on any atom is 0.180 e. The molecule has 5 rings (SSSR count). The lowest BCUT2D eigenvalue weighted by molar-refractivity contribution is 0.175. The molecule has 1 aromatic carbocycles. The van der Waals surface area contributed by atoms with Gasteiger partial charge in [0.1, 0.15) is 11.5 Å². The van der Waals surface area contributed by atoms with Gasteiger partial charge in [-0.2, -0.15) is 5.10 Å². The Balaban J connectivity index is 1.44. The van der Waals surface area contributed by atoms with E-state index in [1.54, 1.807) is 0 Å². The molecule has 3 aliphatic rings. The molecule has 0 saturated carbocycles. The Hall–Kier alpha value is -2.54. The lowest BCUT2D eigenvalue weighted by atomic mass is 9.80. The molecule has 0 aliphatic carbocycles. The van der Waals surface area contributed by atoms with Crippen LogP contribution >= 0.6 is 0 Å². The van der Waals surface area contributed by atoms with Crippen molar-refractivity contribution in [3.63, 3.8) is 0 Å². The summed E-state index contributed by atoms with van der Waals surface area (Å²) < 4.78 is 0. The SMILES string of the molecule is Cc1cccc2c1CCCN2c1n[nH]c2c1N(C)CC(N1CCC(C)(CN)CC1)=N2. The number of benzene rings is 1. The number of aryl methyl sites for hydroxylation is 1. The minimum absolute atomic E-state index is 0.268. The van der Waals surface area contributed by atoms with Crippen LogP contribution in [0.4, 0.5) is 23.0 Å². The number of rotatable bonds is 2. The topological polar surface area (TPSA) is 76.8 Å². The predicted octanol–water partition coefficient (Wildman–Crippen LogP) is 3.34. The Morgan fingerprint density at radius 3 is 2.77 bits per heavy atom. The molecule has 1 aromatic heterocycles. The number of hydrogen-bond acceptors (Lipinski definition) is 6. The second-order valence-corrected chi connectivity index (χ2v) is 9.46. The number of piperidine rings is 1. The van der Waals surface area contributed by atoms with Crippen molar-refractivity contribution in [2.75, 3.05) is 49.6 Å². The van der Waals surface area contributed by atoms with Crippen molar-refractivity contribution >= 4 is 28.8 Å². The van der Waals surface area contributed by atoms with E-state index in [0.717, 1.165) is 81.6 Å². The lowest BCUT2D eigenvalue weighted by Crippen LogP contribution is -2.48. The van der Waals surface area contributed by atoms with Gasteiger partial charge in [-0.3, -0.25) is 5.10 Å². The van der Waals surface area contributed by atoms with Crippen LogP contribution < -0.4 is 15.5 Å². The molecular formula is C23H33N7. The van der Waals surface area contributed by atoms with Gasteiger partial charge < -0.3 is 20.4 Å². The van der Waals surface area contributed by atoms with Crippen LogP contribution in [0.25, 0.3) is 0 Å². The molecular weight excluding hydrogens is 374 g/mol. The van der Waals surface area contributed by atoms with Crippen LogP contribution in [-0.2, 0) is 6.42 Å². The van der Waals surface area contributed by atoms with E-state index < -0.39 is 0 Å². The van der Waals surface area contributed by atoms with Crippen molar-refractivity contribution in [1.29, 1.82) is 0 Å². The highest BCUT2D eigenvalue weighted by Gasteiger charge is 2.34. The van der Waals surface area contributed by atoms with E-state index in [1.165, 1.54) is 16.8 Å². The highest BCUT2D eigenvalue weighted by Crippen LogP contribution is 2.44. The minimum atomic E-state index is 0.268. The third-order valence-electron chi connectivity index (χ3n) is 7.27. The van der Waals surface area contributed by atoms with Crippen LogP contribution in [-0.4, -0.2) is 60.7 Å². The normalized spacial score (nSPS) is 20.7. The minimum Gasteiger partial charge on any atom is -0.361 e. The van der Waals surface area contributed by atoms with Crippen molar-refractivity contribution in [3.05, 3.63) is 29.3 Å². The Morgan fingerprint density at radius 1 is 1.20 bits per heavy atom. The number of likely N-dealkylation sites (tertiary alicyclic amines) is 1. The van der Waals surface area contributed by atoms with E-state index >= 15 is 0 Å². The Labute approximate surface area is 178 Å². The van der Waals surface area contributed by atoms with Gasteiger partial charge >= 0.3 is 0 Å². The highest BCUT2D eigenvalue weighted by atomic mass is 15.4. The van der Waals surface area contributed by atoms with Crippen LogP contribution in [0.5, 0.6) is 0 Å². The fourth-order valence-electron chi connectivity index (χ4n) is 5.09. The van der Waals surface area contributed by atoms with Crippen LogP contribution in [0.3, 0.4) is 0 Å². The maximum absolute atomic E-state index is 5.99. The maximum atomic E-state index is 5.99. The first-order chi connectivity index (χ1) is 14.5. The van der Waals surface area contributed by atoms with Gasteiger partial charge in [-0.25, -0.2) is 4.99 Å². The van der Waals surface area contributed by atoms with E-state index in [2.05, 4.69) is 58.9 Å². The van der Waals surface area contributed by atoms with E-state index in [-0.39, 0.29) is 5.41 Å². The number of hydrogen-bond donors (Lipinski definition) is 2. The fraction of sp³-hybridized carbons (Fsp3) is 0.565. The van der Waals surface area contributed by atoms with E-state index in [9.17, 15) is 0 Å². The molecule has 160 valence electrons. The molecule has 1 saturated heterocycles. The molecule has 4 heterocycles. The molecule has 3 aliphatic heterocycles. The smallest absolute Gasteiger partial charge is 0.180 e. The summed E-state index contributed by atoms with van der Waals surface area (Å²) in [5, 5.41) is 7.96. The standard InChI is InChI=1S/C23H33N7/c1-16-6-4-8-18-17(16)7-5-11-30(18)22-20-21(26-27-22)25-19(14-28(20)3)29-12-9-23(2,15-24)10-13-29/h4,6,8H,5,7,9-15,24H2,1-3H3,(H,26,27). The first-order valence-electron chi connectivity index (χ1n) is 11.2. The second-order valence-electron chi connectivity index (χ2n) is 9.46. The van der Waals surface area contributed by atoms with Crippen LogP contribution in [0.1, 0.15) is 37.3 Å². The molecule has 2 aromatic rings. The Morgan fingerprint density at radius 2 is 2.00 bits per heavy atom. The first kappa shape index (κ1) is 19.4. The Bertz CT molecular complexity index is 968. The zero-order valence-electron chi connectivity index (χ0n) is 18.4. The summed E-state index contributed by atoms with van der Waals surface area (Å²) in [4.78, 5) is 12.1. The second kappa shape index (κ2) is 7.30. The molecule has 0 atom stereocenters. The molecule has 1 fully saturated rings. The van der Waals surface area contributed by atoms with Gasteiger partial charge in [0.25, 0.3) is 0 Å². The fourth-order valence-corrected chi connectivity index (χ4v) is 5.09. The summed E-state index contributed by atoms with van der Waals surface area (Å²) in [7, 11) is 2.15. The summed E-state index contributed by atoms with van der Waals surface area (Å²) in [5.41, 5.74) is 11.5. The molecule has 0 amide bonds. The van der Waals surface area contributed by atoms with Crippen LogP contribution in [0.15, 0.2) is 23.2 Å². The lowest BCUT2D eigenvalue weighted by Gasteiger charge is -2.41. The van der Waals surface area contributed by atoms with Gasteiger partial charge in [-0.05, 0) is 61.8 Å². The number of nitrogens with one attached hydrogen (secondary N) is 1. The number of nitrogens with zero attached hydrogens (tertiary/aromatic N) is 5. The molecule has 3 N–H and O–H groups in total. The third kappa shape index (κ3) is 3.16. The molecule has 0 radical (unpaired) electrons. The number of aromatic nitrogens is 2. The van der Waals surface area contributed by atoms with Crippen LogP contribution in [0.2, 0.25) is 0 Å². The van der Waals surface area contributed by atoms with Crippen molar-refractivity contribution in [2.45, 2.75) is 39.5 Å². The monoisotopic (exact) mass is 407 g/mol. The summed E-state index contributed by atoms with van der Waals surface area (Å²) in [6, 6.07) is 6.58. The number of H-pyrrole nitrogens is 1. The number of nitrogens with two attached hydrogens (primary N) is 1. The quantitative estimate of drug-likeness (QED) is 0.798. The van der Waals surface area contributed by atoms with Crippen molar-refractivity contribution in [1.82, 2.24) is 15.1 Å². The first-order valence-corrected chi connectivity index (χ1v) is 11.2. The van der Waals surface area contributed by atoms with Crippen LogP contribution in [0, 0.1) is 12.3 Å². The molecule has 0 bridgehead atoms. The number of likely N-dealkylation sites (N-methyl/N-ethyl adjacent to an activating group) is 1. The number of aliphatic imine (C=N–C) groups is 1. The third-order valence-corrected chi connectivity index (χ3v) is 7.27. The van der Waals surface area contributed by atoms with Crippen molar-refractivity contribution in [2.24, 2.45) is 16.1 Å². The summed E-state index contributed by atoms with van der Waals surface area (Å²) in [6.07, 6.45) is 4.53. The summed E-state index contributed by atoms with van der Waals surface area (Å²) >= 11 is 0. The van der Waals surface area contributed by atoms with Gasteiger partial charge in [-0.15, -0.1) is 0 Å². The molecule has 7 heteroatoms. The molecule has 0 spiro atoms. The van der Waals surface area contributed by atoms with Crippen molar-refractivity contribution < 1.29 is 0 Å².